The van der Waals surface area contributed by atoms with Crippen molar-refractivity contribution in [3.8, 4) is 0 Å². The smallest absolute Gasteiger partial charge is 0.267 e. The highest BCUT2D eigenvalue weighted by atomic mass is 32.2. The first kappa shape index (κ1) is 19.1. The normalized spacial score (nSPS) is 17.1. The maximum Gasteiger partial charge on any atom is 0.267 e. The molecular formula is C20H22N2O4S. The van der Waals surface area contributed by atoms with E-state index in [9.17, 15) is 18.0 Å². The van der Waals surface area contributed by atoms with Gasteiger partial charge in [0.15, 0.2) is 0 Å². The van der Waals surface area contributed by atoms with Gasteiger partial charge in [0.05, 0.1) is 4.90 Å². The van der Waals surface area contributed by atoms with Crippen LogP contribution < -0.4 is 0 Å². The monoisotopic (exact) mass is 386 g/mol. The number of benzene rings is 2. The van der Waals surface area contributed by atoms with Crippen LogP contribution in [0.4, 0.5) is 0 Å². The number of hydrogen-bond donors (Lipinski definition) is 0. The van der Waals surface area contributed by atoms with E-state index in [0.717, 1.165) is 9.87 Å². The molecule has 0 radical (unpaired) electrons. The molecule has 27 heavy (non-hydrogen) atoms. The van der Waals surface area contributed by atoms with Crippen LogP contribution in [-0.4, -0.2) is 42.0 Å². The molecule has 0 aliphatic carbocycles. The van der Waals surface area contributed by atoms with Crippen molar-refractivity contribution in [3.05, 3.63) is 66.2 Å². The molecule has 0 spiro atoms. The summed E-state index contributed by atoms with van der Waals surface area (Å²) in [4.78, 5) is 27.0. The van der Waals surface area contributed by atoms with E-state index in [4.69, 9.17) is 0 Å². The molecule has 2 aromatic carbocycles. The first-order valence-electron chi connectivity index (χ1n) is 8.90. The maximum atomic E-state index is 13.1. The van der Waals surface area contributed by atoms with Gasteiger partial charge in [0.1, 0.15) is 6.04 Å². The second kappa shape index (κ2) is 7.92. The zero-order valence-corrected chi connectivity index (χ0v) is 15.9. The first-order valence-corrected chi connectivity index (χ1v) is 10.3. The molecular weight excluding hydrogens is 364 g/mol. The number of amides is 2. The minimum absolute atomic E-state index is 0.0177. The Bertz CT molecular complexity index is 914. The van der Waals surface area contributed by atoms with E-state index < -0.39 is 22.0 Å². The van der Waals surface area contributed by atoms with Gasteiger partial charge in [0.25, 0.3) is 10.0 Å². The molecule has 7 heteroatoms. The zero-order chi connectivity index (χ0) is 19.4. The lowest BCUT2D eigenvalue weighted by molar-refractivity contribution is -0.138. The van der Waals surface area contributed by atoms with Crippen LogP contribution >= 0.6 is 0 Å². The predicted molar refractivity (Wildman–Crippen MR) is 101 cm³/mol. The van der Waals surface area contributed by atoms with Crippen LogP contribution in [0.25, 0.3) is 0 Å². The molecule has 0 unspecified atom stereocenters. The molecule has 3 rings (SSSR count). The Morgan fingerprint density at radius 1 is 1.07 bits per heavy atom. The number of likely N-dealkylation sites (N-methyl/N-ethyl adjacent to an activating group) is 1. The fourth-order valence-corrected chi connectivity index (χ4v) is 4.87. The fourth-order valence-electron chi connectivity index (χ4n) is 3.25. The topological polar surface area (TPSA) is 74.8 Å². The second-order valence-electron chi connectivity index (χ2n) is 6.40. The molecule has 0 aromatic heterocycles. The number of rotatable bonds is 6. The molecule has 1 aliphatic heterocycles. The predicted octanol–water partition coefficient (Wildman–Crippen LogP) is 2.42. The Balaban J connectivity index is 1.87. The molecule has 1 heterocycles. The summed E-state index contributed by atoms with van der Waals surface area (Å²) in [6, 6.07) is 16.3. The number of sulfonamides is 1. The molecule has 2 aromatic rings. The van der Waals surface area contributed by atoms with Crippen molar-refractivity contribution in [1.82, 2.24) is 9.21 Å². The van der Waals surface area contributed by atoms with Crippen LogP contribution in [0.2, 0.25) is 0 Å². The van der Waals surface area contributed by atoms with Gasteiger partial charge in [-0.3, -0.25) is 9.59 Å². The quantitative estimate of drug-likeness (QED) is 0.764. The van der Waals surface area contributed by atoms with Crippen molar-refractivity contribution < 1.29 is 18.0 Å². The number of carbonyl (C=O) groups excluding carboxylic acids is 2. The van der Waals surface area contributed by atoms with Crippen molar-refractivity contribution >= 4 is 21.8 Å². The third-order valence-electron chi connectivity index (χ3n) is 4.66. The van der Waals surface area contributed by atoms with Gasteiger partial charge in [-0.25, -0.2) is 12.7 Å². The molecule has 1 saturated heterocycles. The van der Waals surface area contributed by atoms with E-state index in [1.807, 2.05) is 37.3 Å². The van der Waals surface area contributed by atoms with E-state index in [-0.39, 0.29) is 23.6 Å². The average molecular weight is 386 g/mol. The van der Waals surface area contributed by atoms with Gasteiger partial charge in [-0.2, -0.15) is 0 Å². The minimum Gasteiger partial charge on any atom is -0.337 e. The Hall–Kier alpha value is -2.67. The highest BCUT2D eigenvalue weighted by Crippen LogP contribution is 2.28. The summed E-state index contributed by atoms with van der Waals surface area (Å²) in [5, 5.41) is 0. The minimum atomic E-state index is -4.06. The molecule has 0 N–H and O–H groups in total. The molecule has 1 atom stereocenters. The lowest BCUT2D eigenvalue weighted by atomic mass is 10.1. The van der Waals surface area contributed by atoms with Crippen LogP contribution in [0.3, 0.4) is 0 Å². The molecule has 2 amide bonds. The van der Waals surface area contributed by atoms with Crippen LogP contribution in [0.1, 0.15) is 25.3 Å². The molecule has 0 saturated carbocycles. The van der Waals surface area contributed by atoms with Crippen LogP contribution in [0.5, 0.6) is 0 Å². The van der Waals surface area contributed by atoms with E-state index >= 15 is 0 Å². The molecule has 1 fully saturated rings. The van der Waals surface area contributed by atoms with Gasteiger partial charge in [0.2, 0.25) is 11.8 Å². The summed E-state index contributed by atoms with van der Waals surface area (Å²) in [7, 11) is -4.06. The highest BCUT2D eigenvalue weighted by molar-refractivity contribution is 7.89. The second-order valence-corrected chi connectivity index (χ2v) is 8.22. The Kier molecular flexibility index (Phi) is 5.60. The van der Waals surface area contributed by atoms with Gasteiger partial charge in [-0.15, -0.1) is 0 Å². The number of carbonyl (C=O) groups is 2. The van der Waals surface area contributed by atoms with E-state index in [1.54, 1.807) is 23.1 Å². The third-order valence-corrected chi connectivity index (χ3v) is 6.50. The van der Waals surface area contributed by atoms with Crippen LogP contribution in [-0.2, 0) is 26.2 Å². The van der Waals surface area contributed by atoms with E-state index in [1.165, 1.54) is 12.1 Å². The molecule has 6 nitrogen and oxygen atoms in total. The molecule has 0 bridgehead atoms. The Morgan fingerprint density at radius 3 is 2.26 bits per heavy atom. The van der Waals surface area contributed by atoms with Crippen molar-refractivity contribution in [2.45, 2.75) is 37.2 Å². The van der Waals surface area contributed by atoms with Gasteiger partial charge in [-0.1, -0.05) is 48.5 Å². The third kappa shape index (κ3) is 3.88. The summed E-state index contributed by atoms with van der Waals surface area (Å²) in [5.41, 5.74) is 0.953. The standard InChI is InChI=1S/C20H22N2O4S/c1-2-21(15-16-9-5-3-6-10-16)20(24)18-13-14-19(23)22(18)27(25,26)17-11-7-4-8-12-17/h3-12,18H,2,13-15H2,1H3/t18-/m0/s1. The van der Waals surface area contributed by atoms with Crippen molar-refractivity contribution in [1.29, 1.82) is 0 Å². The summed E-state index contributed by atoms with van der Waals surface area (Å²) < 4.78 is 26.7. The van der Waals surface area contributed by atoms with Gasteiger partial charge < -0.3 is 4.90 Å². The van der Waals surface area contributed by atoms with Gasteiger partial charge in [0, 0.05) is 19.5 Å². The summed E-state index contributed by atoms with van der Waals surface area (Å²) in [6.07, 6.45) is 0.250. The van der Waals surface area contributed by atoms with Gasteiger partial charge in [-0.05, 0) is 31.0 Å². The Labute approximate surface area is 159 Å². The number of hydrogen-bond acceptors (Lipinski definition) is 4. The van der Waals surface area contributed by atoms with Gasteiger partial charge >= 0.3 is 0 Å². The van der Waals surface area contributed by atoms with Crippen molar-refractivity contribution in [2.75, 3.05) is 6.54 Å². The number of nitrogens with zero attached hydrogens (tertiary/aromatic N) is 2. The van der Waals surface area contributed by atoms with E-state index in [2.05, 4.69) is 0 Å². The summed E-state index contributed by atoms with van der Waals surface area (Å²) in [5.74, 6) is -0.875. The largest absolute Gasteiger partial charge is 0.337 e. The van der Waals surface area contributed by atoms with Crippen molar-refractivity contribution in [3.63, 3.8) is 0 Å². The van der Waals surface area contributed by atoms with Crippen LogP contribution in [0, 0.1) is 0 Å². The van der Waals surface area contributed by atoms with Crippen LogP contribution in [0.15, 0.2) is 65.6 Å². The lowest BCUT2D eigenvalue weighted by Gasteiger charge is -2.29. The average Bonchev–Trinajstić information content (AvgIpc) is 3.09. The maximum absolute atomic E-state index is 13.1. The van der Waals surface area contributed by atoms with Crippen molar-refractivity contribution in [2.24, 2.45) is 0 Å². The molecule has 142 valence electrons. The molecule has 1 aliphatic rings. The SMILES string of the molecule is CCN(Cc1ccccc1)C(=O)[C@@H]1CCC(=O)N1S(=O)(=O)c1ccccc1. The Morgan fingerprint density at radius 2 is 1.67 bits per heavy atom. The van der Waals surface area contributed by atoms with E-state index in [0.29, 0.717) is 13.1 Å². The summed E-state index contributed by atoms with van der Waals surface area (Å²) >= 11 is 0. The summed E-state index contributed by atoms with van der Waals surface area (Å²) in [6.45, 7) is 2.64. The first-order chi connectivity index (χ1) is 12.9. The fraction of sp³-hybridized carbons (Fsp3) is 0.300. The lowest BCUT2D eigenvalue weighted by Crippen LogP contribution is -2.48. The zero-order valence-electron chi connectivity index (χ0n) is 15.1. The highest BCUT2D eigenvalue weighted by Gasteiger charge is 2.45.